The molecule has 0 bridgehead atoms. The molecule has 1 aromatic carbocycles. The van der Waals surface area contributed by atoms with Gasteiger partial charge in [-0.15, -0.1) is 0 Å². The van der Waals surface area contributed by atoms with Crippen LogP contribution in [0.15, 0.2) is 30.3 Å². The lowest BCUT2D eigenvalue weighted by Crippen LogP contribution is -2.46. The van der Waals surface area contributed by atoms with Gasteiger partial charge in [0.15, 0.2) is 0 Å². The molecule has 0 aliphatic carbocycles. The maximum absolute atomic E-state index is 11.8. The van der Waals surface area contributed by atoms with E-state index in [9.17, 15) is 8.42 Å². The Bertz CT molecular complexity index is 440. The van der Waals surface area contributed by atoms with E-state index >= 15 is 0 Å². The molecule has 0 aliphatic heterocycles. The van der Waals surface area contributed by atoms with Gasteiger partial charge in [0, 0.05) is 0 Å². The molecule has 1 rings (SSSR count). The van der Waals surface area contributed by atoms with Crippen LogP contribution in [0.25, 0.3) is 0 Å². The number of hydrogen-bond acceptors (Lipinski definition) is 3. The molecule has 0 heterocycles. The number of hydrogen-bond donors (Lipinski definition) is 0. The third kappa shape index (κ3) is 4.61. The first-order chi connectivity index (χ1) is 7.87. The van der Waals surface area contributed by atoms with Gasteiger partial charge in [-0.05, 0) is 24.7 Å². The topological polar surface area (TPSA) is 43.4 Å². The third-order valence-electron chi connectivity index (χ3n) is 2.55. The molecule has 3 nitrogen and oxygen atoms in total. The molecular weight excluding hydrogens is 252 g/mol. The standard InChI is InChI=1S/C12H20O3SSi/c1-4-5-11-16(13,14)15-17(2,3)12-9-7-6-8-10-12/h6-10H,4-5,11H2,1-3H3. The summed E-state index contributed by atoms with van der Waals surface area (Å²) in [4.78, 5) is 0. The fourth-order valence-corrected chi connectivity index (χ4v) is 6.46. The zero-order chi connectivity index (χ0) is 12.9. The molecule has 0 amide bonds. The van der Waals surface area contributed by atoms with Crippen molar-refractivity contribution in [3.8, 4) is 0 Å². The van der Waals surface area contributed by atoms with Gasteiger partial charge >= 0.3 is 0 Å². The number of rotatable bonds is 6. The van der Waals surface area contributed by atoms with Crippen LogP contribution in [-0.4, -0.2) is 22.5 Å². The van der Waals surface area contributed by atoms with Crippen LogP contribution in [0.4, 0.5) is 0 Å². The Balaban J connectivity index is 2.80. The molecule has 0 atom stereocenters. The van der Waals surface area contributed by atoms with E-state index in [-0.39, 0.29) is 5.75 Å². The van der Waals surface area contributed by atoms with Gasteiger partial charge in [-0.25, -0.2) is 8.42 Å². The van der Waals surface area contributed by atoms with Gasteiger partial charge in [0.1, 0.15) is 0 Å². The van der Waals surface area contributed by atoms with Gasteiger partial charge in [0.25, 0.3) is 10.1 Å². The first kappa shape index (κ1) is 14.4. The van der Waals surface area contributed by atoms with Gasteiger partial charge in [-0.3, -0.25) is 0 Å². The zero-order valence-electron chi connectivity index (χ0n) is 10.6. The largest absolute Gasteiger partial charge is 0.310 e. The minimum atomic E-state index is -3.39. The first-order valence-corrected chi connectivity index (χ1v) is 10.3. The summed E-state index contributed by atoms with van der Waals surface area (Å²) in [7, 11) is -5.74. The lowest BCUT2D eigenvalue weighted by atomic mass is 10.4. The average molecular weight is 272 g/mol. The van der Waals surface area contributed by atoms with Crippen molar-refractivity contribution in [3.63, 3.8) is 0 Å². The first-order valence-electron chi connectivity index (χ1n) is 5.86. The van der Waals surface area contributed by atoms with Crippen LogP contribution in [0, 0.1) is 0 Å². The van der Waals surface area contributed by atoms with Crippen molar-refractivity contribution in [3.05, 3.63) is 30.3 Å². The Labute approximate surface area is 105 Å². The predicted molar refractivity (Wildman–Crippen MR) is 73.3 cm³/mol. The van der Waals surface area contributed by atoms with Gasteiger partial charge in [-0.1, -0.05) is 43.7 Å². The van der Waals surface area contributed by atoms with E-state index in [4.69, 9.17) is 3.87 Å². The smallest absolute Gasteiger partial charge is 0.258 e. The minimum Gasteiger partial charge on any atom is -0.310 e. The zero-order valence-corrected chi connectivity index (χ0v) is 12.5. The highest BCUT2D eigenvalue weighted by Gasteiger charge is 2.31. The molecule has 96 valence electrons. The van der Waals surface area contributed by atoms with Crippen LogP contribution in [0.5, 0.6) is 0 Å². The van der Waals surface area contributed by atoms with Crippen LogP contribution in [0.3, 0.4) is 0 Å². The Morgan fingerprint density at radius 1 is 1.18 bits per heavy atom. The van der Waals surface area contributed by atoms with Crippen molar-refractivity contribution in [2.45, 2.75) is 32.9 Å². The van der Waals surface area contributed by atoms with Gasteiger partial charge < -0.3 is 3.87 Å². The van der Waals surface area contributed by atoms with Crippen LogP contribution < -0.4 is 5.19 Å². The van der Waals surface area contributed by atoms with E-state index in [1.54, 1.807) is 0 Å². The summed E-state index contributed by atoms with van der Waals surface area (Å²) in [5, 5.41) is 1.00. The highest BCUT2D eigenvalue weighted by atomic mass is 32.2. The van der Waals surface area contributed by atoms with Crippen molar-refractivity contribution < 1.29 is 12.3 Å². The fraction of sp³-hybridized carbons (Fsp3) is 0.500. The van der Waals surface area contributed by atoms with E-state index < -0.39 is 18.4 Å². The Morgan fingerprint density at radius 2 is 1.76 bits per heavy atom. The molecular formula is C12H20O3SSi. The summed E-state index contributed by atoms with van der Waals surface area (Å²) in [5.41, 5.74) is 0. The second-order valence-electron chi connectivity index (χ2n) is 4.58. The minimum absolute atomic E-state index is 0.118. The molecule has 0 saturated carbocycles. The third-order valence-corrected chi connectivity index (χ3v) is 7.75. The number of benzene rings is 1. The van der Waals surface area contributed by atoms with Gasteiger partial charge in [0.05, 0.1) is 5.75 Å². The predicted octanol–water partition coefficient (Wildman–Crippen LogP) is 2.25. The normalized spacial score (nSPS) is 12.6. The highest BCUT2D eigenvalue weighted by molar-refractivity contribution is 7.87. The van der Waals surface area contributed by atoms with E-state index in [0.29, 0.717) is 6.42 Å². The molecule has 0 saturated heterocycles. The van der Waals surface area contributed by atoms with Crippen LogP contribution in [0.2, 0.25) is 13.1 Å². The quantitative estimate of drug-likeness (QED) is 0.746. The summed E-state index contributed by atoms with van der Waals surface area (Å²) in [6.07, 6.45) is 1.51. The summed E-state index contributed by atoms with van der Waals surface area (Å²) in [5.74, 6) is 0.118. The Hall–Kier alpha value is -0.653. The Morgan fingerprint density at radius 3 is 2.29 bits per heavy atom. The summed E-state index contributed by atoms with van der Waals surface area (Å²) in [6, 6.07) is 9.60. The monoisotopic (exact) mass is 272 g/mol. The lowest BCUT2D eigenvalue weighted by Gasteiger charge is -2.22. The molecule has 0 N–H and O–H groups in total. The molecule has 0 spiro atoms. The molecule has 1 aromatic rings. The van der Waals surface area contributed by atoms with Gasteiger partial charge in [-0.2, -0.15) is 0 Å². The van der Waals surface area contributed by atoms with E-state index in [2.05, 4.69) is 0 Å². The molecule has 0 radical (unpaired) electrons. The van der Waals surface area contributed by atoms with E-state index in [1.807, 2.05) is 50.3 Å². The van der Waals surface area contributed by atoms with Crippen LogP contribution >= 0.6 is 0 Å². The van der Waals surface area contributed by atoms with E-state index in [1.165, 1.54) is 0 Å². The second kappa shape index (κ2) is 5.80. The highest BCUT2D eigenvalue weighted by Crippen LogP contribution is 2.11. The van der Waals surface area contributed by atoms with Crippen molar-refractivity contribution in [2.75, 3.05) is 5.75 Å². The lowest BCUT2D eigenvalue weighted by molar-refractivity contribution is 0.486. The van der Waals surface area contributed by atoms with Crippen LogP contribution in [0.1, 0.15) is 19.8 Å². The average Bonchev–Trinajstić information content (AvgIpc) is 2.26. The maximum Gasteiger partial charge on any atom is 0.258 e. The van der Waals surface area contributed by atoms with Crippen LogP contribution in [-0.2, 0) is 14.0 Å². The van der Waals surface area contributed by atoms with Crippen molar-refractivity contribution in [2.24, 2.45) is 0 Å². The van der Waals surface area contributed by atoms with Crippen molar-refractivity contribution >= 4 is 23.6 Å². The molecule has 0 aromatic heterocycles. The number of unbranched alkanes of at least 4 members (excludes halogenated alkanes) is 1. The van der Waals surface area contributed by atoms with Crippen molar-refractivity contribution in [1.29, 1.82) is 0 Å². The fourth-order valence-electron chi connectivity index (χ4n) is 1.57. The molecule has 0 unspecified atom stereocenters. The Kier molecular flexibility index (Phi) is 4.91. The van der Waals surface area contributed by atoms with Gasteiger partial charge in [0.2, 0.25) is 8.32 Å². The van der Waals surface area contributed by atoms with Crippen molar-refractivity contribution in [1.82, 2.24) is 0 Å². The summed E-state index contributed by atoms with van der Waals surface area (Å²) >= 11 is 0. The van der Waals surface area contributed by atoms with E-state index in [0.717, 1.165) is 11.6 Å². The maximum atomic E-state index is 11.8. The SMILES string of the molecule is CCCCS(=O)(=O)O[Si](C)(C)c1ccccc1. The molecule has 0 fully saturated rings. The summed E-state index contributed by atoms with van der Waals surface area (Å²) < 4.78 is 29.0. The molecule has 0 aliphatic rings. The molecule has 17 heavy (non-hydrogen) atoms. The summed E-state index contributed by atoms with van der Waals surface area (Å²) in [6.45, 7) is 5.78. The second-order valence-corrected chi connectivity index (χ2v) is 10.4. The molecule has 5 heteroatoms.